The zero-order chi connectivity index (χ0) is 14.3. The van der Waals surface area contributed by atoms with E-state index in [-0.39, 0.29) is 0 Å². The third-order valence-electron chi connectivity index (χ3n) is 3.41. The average molecular weight is 283 g/mol. The Morgan fingerprint density at radius 1 is 0.850 bits per heavy atom. The number of nitrogens with zero attached hydrogens (tertiary/aromatic N) is 2. The molecule has 0 bridgehead atoms. The zero-order valence-corrected chi connectivity index (χ0v) is 12.5. The van der Waals surface area contributed by atoms with Gasteiger partial charge < -0.3 is 0 Å². The van der Waals surface area contributed by atoms with E-state index < -0.39 is 0 Å². The van der Waals surface area contributed by atoms with E-state index in [4.69, 9.17) is 11.6 Å². The van der Waals surface area contributed by atoms with Gasteiger partial charge in [0.05, 0.1) is 5.52 Å². The van der Waals surface area contributed by atoms with Crippen molar-refractivity contribution in [3.63, 3.8) is 0 Å². The Morgan fingerprint density at radius 3 is 2.25 bits per heavy atom. The third kappa shape index (κ3) is 2.27. The highest BCUT2D eigenvalue weighted by atomic mass is 35.5. The summed E-state index contributed by atoms with van der Waals surface area (Å²) in [5.41, 5.74) is 5.39. The Balaban J connectivity index is 2.26. The van der Waals surface area contributed by atoms with Crippen molar-refractivity contribution in [2.24, 2.45) is 0 Å². The van der Waals surface area contributed by atoms with Crippen LogP contribution >= 0.6 is 11.6 Å². The summed E-state index contributed by atoms with van der Waals surface area (Å²) in [5.74, 6) is 0.674. The quantitative estimate of drug-likeness (QED) is 0.595. The first kappa shape index (κ1) is 13.1. The molecule has 0 unspecified atom stereocenters. The smallest absolute Gasteiger partial charge is 0.161 e. The molecule has 0 amide bonds. The van der Waals surface area contributed by atoms with Crippen molar-refractivity contribution < 1.29 is 0 Å². The van der Waals surface area contributed by atoms with Crippen LogP contribution in [0, 0.1) is 20.8 Å². The minimum atomic E-state index is 0.517. The summed E-state index contributed by atoms with van der Waals surface area (Å²) < 4.78 is 0. The molecule has 0 spiro atoms. The van der Waals surface area contributed by atoms with Gasteiger partial charge in [-0.3, -0.25) is 0 Å². The van der Waals surface area contributed by atoms with Gasteiger partial charge in [0, 0.05) is 10.9 Å². The summed E-state index contributed by atoms with van der Waals surface area (Å²) in [7, 11) is 0. The van der Waals surface area contributed by atoms with Crippen molar-refractivity contribution in [3.05, 3.63) is 58.2 Å². The summed E-state index contributed by atoms with van der Waals surface area (Å²) >= 11 is 6.35. The standard InChI is InChI=1S/C17H15ClN2/c1-10-4-6-13(7-5-10)17-19-14-9-11(2)8-12(3)15(14)16(18)20-17/h4-9H,1-3H3. The van der Waals surface area contributed by atoms with Crippen LogP contribution in [-0.2, 0) is 0 Å². The van der Waals surface area contributed by atoms with Crippen LogP contribution in [0.25, 0.3) is 22.3 Å². The molecule has 2 nitrogen and oxygen atoms in total. The van der Waals surface area contributed by atoms with Crippen LogP contribution in [0.15, 0.2) is 36.4 Å². The lowest BCUT2D eigenvalue weighted by molar-refractivity contribution is 1.21. The Morgan fingerprint density at radius 2 is 1.55 bits per heavy atom. The van der Waals surface area contributed by atoms with Gasteiger partial charge in [0.25, 0.3) is 0 Å². The fraction of sp³-hybridized carbons (Fsp3) is 0.176. The van der Waals surface area contributed by atoms with Crippen molar-refractivity contribution in [2.75, 3.05) is 0 Å². The molecule has 3 heteroatoms. The molecule has 0 radical (unpaired) electrons. The normalized spacial score (nSPS) is 11.0. The summed E-state index contributed by atoms with van der Waals surface area (Å²) in [6.45, 7) is 6.16. The van der Waals surface area contributed by atoms with Gasteiger partial charge in [0.2, 0.25) is 0 Å². The molecule has 0 aliphatic carbocycles. The molecule has 3 rings (SSSR count). The first-order chi connectivity index (χ1) is 9.54. The molecule has 0 aliphatic rings. The predicted molar refractivity (Wildman–Crippen MR) is 84.2 cm³/mol. The molecule has 0 saturated carbocycles. The van der Waals surface area contributed by atoms with Crippen LogP contribution in [-0.4, -0.2) is 9.97 Å². The average Bonchev–Trinajstić information content (AvgIpc) is 2.38. The molecule has 0 saturated heterocycles. The monoisotopic (exact) mass is 282 g/mol. The Bertz CT molecular complexity index is 792. The first-order valence-electron chi connectivity index (χ1n) is 6.56. The topological polar surface area (TPSA) is 25.8 Å². The van der Waals surface area contributed by atoms with E-state index >= 15 is 0 Å². The van der Waals surface area contributed by atoms with Gasteiger partial charge in [-0.1, -0.05) is 47.5 Å². The van der Waals surface area contributed by atoms with Gasteiger partial charge in [-0.2, -0.15) is 0 Å². The fourth-order valence-corrected chi connectivity index (χ4v) is 2.75. The van der Waals surface area contributed by atoms with Crippen LogP contribution in [0.2, 0.25) is 5.15 Å². The largest absolute Gasteiger partial charge is 0.228 e. The minimum absolute atomic E-state index is 0.517. The molecular formula is C17H15ClN2. The molecule has 20 heavy (non-hydrogen) atoms. The molecule has 100 valence electrons. The zero-order valence-electron chi connectivity index (χ0n) is 11.7. The van der Waals surface area contributed by atoms with Crippen LogP contribution in [0.1, 0.15) is 16.7 Å². The van der Waals surface area contributed by atoms with Crippen LogP contribution < -0.4 is 0 Å². The number of hydrogen-bond donors (Lipinski definition) is 0. The summed E-state index contributed by atoms with van der Waals surface area (Å²) in [4.78, 5) is 9.11. The summed E-state index contributed by atoms with van der Waals surface area (Å²) in [6.07, 6.45) is 0. The maximum atomic E-state index is 6.35. The van der Waals surface area contributed by atoms with Gasteiger partial charge >= 0.3 is 0 Å². The summed E-state index contributed by atoms with van der Waals surface area (Å²) in [6, 6.07) is 12.3. The maximum Gasteiger partial charge on any atom is 0.161 e. The first-order valence-corrected chi connectivity index (χ1v) is 6.94. The molecule has 0 aliphatic heterocycles. The Labute approximate surface area is 123 Å². The van der Waals surface area contributed by atoms with Gasteiger partial charge in [-0.15, -0.1) is 0 Å². The van der Waals surface area contributed by atoms with Gasteiger partial charge in [-0.05, 0) is 38.0 Å². The van der Waals surface area contributed by atoms with E-state index in [1.54, 1.807) is 0 Å². The molecule has 1 aromatic heterocycles. The van der Waals surface area contributed by atoms with Crippen LogP contribution in [0.5, 0.6) is 0 Å². The number of halogens is 1. The van der Waals surface area contributed by atoms with Crippen molar-refractivity contribution in [1.82, 2.24) is 9.97 Å². The molecule has 0 N–H and O–H groups in total. The van der Waals surface area contributed by atoms with Crippen molar-refractivity contribution >= 4 is 22.5 Å². The van der Waals surface area contributed by atoms with Crippen molar-refractivity contribution in [3.8, 4) is 11.4 Å². The van der Waals surface area contributed by atoms with Crippen molar-refractivity contribution in [2.45, 2.75) is 20.8 Å². The van der Waals surface area contributed by atoms with E-state index in [2.05, 4.69) is 42.0 Å². The number of fused-ring (bicyclic) bond motifs is 1. The maximum absolute atomic E-state index is 6.35. The number of aromatic nitrogens is 2. The van der Waals surface area contributed by atoms with E-state index in [0.717, 1.165) is 22.0 Å². The van der Waals surface area contributed by atoms with Crippen LogP contribution in [0.3, 0.4) is 0 Å². The fourth-order valence-electron chi connectivity index (χ4n) is 2.42. The van der Waals surface area contributed by atoms with E-state index in [0.29, 0.717) is 11.0 Å². The molecular weight excluding hydrogens is 268 g/mol. The molecule has 3 aromatic rings. The van der Waals surface area contributed by atoms with Gasteiger partial charge in [0.15, 0.2) is 5.82 Å². The number of rotatable bonds is 1. The lowest BCUT2D eigenvalue weighted by Gasteiger charge is -2.08. The van der Waals surface area contributed by atoms with E-state index in [1.807, 2.05) is 25.1 Å². The van der Waals surface area contributed by atoms with E-state index in [9.17, 15) is 0 Å². The number of benzene rings is 2. The van der Waals surface area contributed by atoms with Gasteiger partial charge in [0.1, 0.15) is 5.15 Å². The predicted octanol–water partition coefficient (Wildman–Crippen LogP) is 4.88. The second kappa shape index (κ2) is 4.88. The van der Waals surface area contributed by atoms with Crippen molar-refractivity contribution in [1.29, 1.82) is 0 Å². The lowest BCUT2D eigenvalue weighted by Crippen LogP contribution is -1.94. The minimum Gasteiger partial charge on any atom is -0.228 e. The second-order valence-corrected chi connectivity index (χ2v) is 5.54. The lowest BCUT2D eigenvalue weighted by atomic mass is 10.1. The number of hydrogen-bond acceptors (Lipinski definition) is 2. The molecule has 0 atom stereocenters. The summed E-state index contributed by atoms with van der Waals surface area (Å²) in [5, 5.41) is 1.45. The highest BCUT2D eigenvalue weighted by Gasteiger charge is 2.10. The van der Waals surface area contributed by atoms with Gasteiger partial charge in [-0.25, -0.2) is 9.97 Å². The highest BCUT2D eigenvalue weighted by molar-refractivity contribution is 6.34. The van der Waals surface area contributed by atoms with Crippen LogP contribution in [0.4, 0.5) is 0 Å². The SMILES string of the molecule is Cc1ccc(-c2nc(Cl)c3c(C)cc(C)cc3n2)cc1. The Kier molecular flexibility index (Phi) is 3.19. The second-order valence-electron chi connectivity index (χ2n) is 5.18. The third-order valence-corrected chi connectivity index (χ3v) is 3.68. The Hall–Kier alpha value is -1.93. The molecule has 2 aromatic carbocycles. The molecule has 1 heterocycles. The number of aryl methyl sites for hydroxylation is 3. The highest BCUT2D eigenvalue weighted by Crippen LogP contribution is 2.28. The van der Waals surface area contributed by atoms with E-state index in [1.165, 1.54) is 11.1 Å². The molecule has 0 fully saturated rings.